The van der Waals surface area contributed by atoms with E-state index in [1.807, 2.05) is 6.07 Å². The minimum atomic E-state index is -0.416. The Bertz CT molecular complexity index is 739. The Morgan fingerprint density at radius 1 is 0.960 bits per heavy atom. The van der Waals surface area contributed by atoms with E-state index in [2.05, 4.69) is 5.32 Å². The van der Waals surface area contributed by atoms with E-state index in [4.69, 9.17) is 14.2 Å². The maximum absolute atomic E-state index is 14.1. The van der Waals surface area contributed by atoms with Crippen LogP contribution in [0, 0.1) is 5.82 Å². The molecule has 0 amide bonds. The van der Waals surface area contributed by atoms with Gasteiger partial charge in [-0.2, -0.15) is 0 Å². The van der Waals surface area contributed by atoms with Crippen LogP contribution in [0.15, 0.2) is 42.5 Å². The van der Waals surface area contributed by atoms with Crippen molar-refractivity contribution in [3.05, 3.63) is 48.3 Å². The molecule has 1 unspecified atom stereocenters. The molecule has 2 aliphatic rings. The maximum Gasteiger partial charge on any atom is 0.166 e. The minimum absolute atomic E-state index is 0.155. The average Bonchev–Trinajstić information content (AvgIpc) is 2.96. The number of piperidine rings is 1. The van der Waals surface area contributed by atoms with Crippen LogP contribution in [0.3, 0.4) is 0 Å². The first-order chi connectivity index (χ1) is 12.2. The van der Waals surface area contributed by atoms with E-state index in [0.717, 1.165) is 12.8 Å². The Morgan fingerprint density at radius 3 is 2.48 bits per heavy atom. The van der Waals surface area contributed by atoms with Gasteiger partial charge in [-0.3, -0.25) is 0 Å². The highest BCUT2D eigenvalue weighted by molar-refractivity contribution is 5.40. The number of halogens is 1. The molecule has 0 saturated carbocycles. The average molecular weight is 343 g/mol. The van der Waals surface area contributed by atoms with Gasteiger partial charge in [0.1, 0.15) is 23.4 Å². The molecular formula is C20H22FNO3. The van der Waals surface area contributed by atoms with E-state index in [-0.39, 0.29) is 11.9 Å². The minimum Gasteiger partial charge on any atom is -0.497 e. The maximum atomic E-state index is 14.1. The van der Waals surface area contributed by atoms with E-state index in [1.165, 1.54) is 18.9 Å². The molecule has 2 heterocycles. The number of methoxy groups -OCH3 is 1. The third kappa shape index (κ3) is 3.71. The molecule has 3 atom stereocenters. The normalized spacial score (nSPS) is 24.8. The highest BCUT2D eigenvalue weighted by Gasteiger charge is 2.34. The predicted molar refractivity (Wildman–Crippen MR) is 93.1 cm³/mol. The van der Waals surface area contributed by atoms with Crippen molar-refractivity contribution in [1.82, 2.24) is 5.32 Å². The second kappa shape index (κ2) is 6.92. The first kappa shape index (κ1) is 16.2. The highest BCUT2D eigenvalue weighted by atomic mass is 19.1. The lowest BCUT2D eigenvalue weighted by Gasteiger charge is -2.29. The molecule has 25 heavy (non-hydrogen) atoms. The smallest absolute Gasteiger partial charge is 0.166 e. The molecule has 4 rings (SSSR count). The molecule has 2 aromatic carbocycles. The van der Waals surface area contributed by atoms with E-state index >= 15 is 0 Å². The van der Waals surface area contributed by atoms with Gasteiger partial charge in [-0.15, -0.1) is 0 Å². The lowest BCUT2D eigenvalue weighted by Crippen LogP contribution is -2.42. The van der Waals surface area contributed by atoms with Gasteiger partial charge in [0, 0.05) is 24.2 Å². The number of hydrogen-bond donors (Lipinski definition) is 1. The molecule has 2 aromatic rings. The molecule has 2 aliphatic heterocycles. The summed E-state index contributed by atoms with van der Waals surface area (Å²) in [5.74, 6) is 1.57. The zero-order chi connectivity index (χ0) is 17.2. The van der Waals surface area contributed by atoms with Crippen LogP contribution in [-0.4, -0.2) is 25.3 Å². The quantitative estimate of drug-likeness (QED) is 0.879. The molecule has 132 valence electrons. The van der Waals surface area contributed by atoms with E-state index < -0.39 is 5.82 Å². The lowest BCUT2D eigenvalue weighted by molar-refractivity contribution is 0.137. The van der Waals surface area contributed by atoms with Crippen molar-refractivity contribution in [3.63, 3.8) is 0 Å². The summed E-state index contributed by atoms with van der Waals surface area (Å²) >= 11 is 0. The third-order valence-corrected chi connectivity index (χ3v) is 4.90. The van der Waals surface area contributed by atoms with Crippen molar-refractivity contribution in [2.45, 2.75) is 43.9 Å². The third-order valence-electron chi connectivity index (χ3n) is 4.90. The number of hydrogen-bond acceptors (Lipinski definition) is 4. The standard InChI is InChI=1S/C20H22FNO3/c1-23-15-3-2-4-16(11-15)25-20-12-17(7-8-19(20)21)24-18-9-13-5-6-14(10-18)22-13/h2-4,7-8,11-14,18,22H,5-6,9-10H2,1H3/t13-,14+,18?. The summed E-state index contributed by atoms with van der Waals surface area (Å²) in [6.07, 6.45) is 4.62. The van der Waals surface area contributed by atoms with Gasteiger partial charge >= 0.3 is 0 Å². The van der Waals surface area contributed by atoms with Gasteiger partial charge in [0.2, 0.25) is 0 Å². The summed E-state index contributed by atoms with van der Waals surface area (Å²) in [6.45, 7) is 0. The van der Waals surface area contributed by atoms with Gasteiger partial charge in [0.05, 0.1) is 7.11 Å². The predicted octanol–water partition coefficient (Wildman–Crippen LogP) is 4.29. The Morgan fingerprint density at radius 2 is 1.72 bits per heavy atom. The van der Waals surface area contributed by atoms with Crippen LogP contribution in [0.4, 0.5) is 4.39 Å². The fourth-order valence-corrected chi connectivity index (χ4v) is 3.72. The molecule has 4 nitrogen and oxygen atoms in total. The van der Waals surface area contributed by atoms with Crippen LogP contribution in [-0.2, 0) is 0 Å². The van der Waals surface area contributed by atoms with Gasteiger partial charge in [-0.25, -0.2) is 4.39 Å². The summed E-state index contributed by atoms with van der Waals surface area (Å²) < 4.78 is 31.1. The van der Waals surface area contributed by atoms with Gasteiger partial charge in [-0.1, -0.05) is 6.07 Å². The summed E-state index contributed by atoms with van der Waals surface area (Å²) in [6, 6.07) is 12.9. The molecule has 0 aliphatic carbocycles. The van der Waals surface area contributed by atoms with Crippen molar-refractivity contribution in [3.8, 4) is 23.0 Å². The summed E-state index contributed by atoms with van der Waals surface area (Å²) in [5.41, 5.74) is 0. The fraction of sp³-hybridized carbons (Fsp3) is 0.400. The van der Waals surface area contributed by atoms with Crippen molar-refractivity contribution in [1.29, 1.82) is 0 Å². The van der Waals surface area contributed by atoms with Crippen LogP contribution in [0.1, 0.15) is 25.7 Å². The lowest BCUT2D eigenvalue weighted by atomic mass is 10.0. The zero-order valence-electron chi connectivity index (χ0n) is 14.2. The Kier molecular flexibility index (Phi) is 4.49. The second-order valence-corrected chi connectivity index (χ2v) is 6.72. The second-order valence-electron chi connectivity index (χ2n) is 6.72. The first-order valence-corrected chi connectivity index (χ1v) is 8.74. The highest BCUT2D eigenvalue weighted by Crippen LogP contribution is 2.33. The first-order valence-electron chi connectivity index (χ1n) is 8.74. The Hall–Kier alpha value is -2.27. The topological polar surface area (TPSA) is 39.7 Å². The van der Waals surface area contributed by atoms with Crippen LogP contribution in [0.25, 0.3) is 0 Å². The number of nitrogens with one attached hydrogen (secondary N) is 1. The molecule has 5 heteroatoms. The van der Waals surface area contributed by atoms with Crippen molar-refractivity contribution >= 4 is 0 Å². The largest absolute Gasteiger partial charge is 0.497 e. The van der Waals surface area contributed by atoms with Crippen molar-refractivity contribution in [2.24, 2.45) is 0 Å². The molecule has 0 radical (unpaired) electrons. The number of benzene rings is 2. The fourth-order valence-electron chi connectivity index (χ4n) is 3.72. The monoisotopic (exact) mass is 343 g/mol. The van der Waals surface area contributed by atoms with E-state index in [9.17, 15) is 4.39 Å². The molecule has 2 bridgehead atoms. The molecule has 2 fully saturated rings. The number of rotatable bonds is 5. The molecule has 2 saturated heterocycles. The number of fused-ring (bicyclic) bond motifs is 2. The van der Waals surface area contributed by atoms with Gasteiger partial charge in [0.25, 0.3) is 0 Å². The summed E-state index contributed by atoms with van der Waals surface area (Å²) in [5, 5.41) is 3.59. The van der Waals surface area contributed by atoms with E-state index in [0.29, 0.717) is 29.3 Å². The van der Waals surface area contributed by atoms with Gasteiger partial charge in [-0.05, 0) is 49.9 Å². The number of ether oxygens (including phenoxy) is 3. The summed E-state index contributed by atoms with van der Waals surface area (Å²) in [4.78, 5) is 0. The van der Waals surface area contributed by atoms with Crippen LogP contribution >= 0.6 is 0 Å². The van der Waals surface area contributed by atoms with Crippen LogP contribution in [0.2, 0.25) is 0 Å². The van der Waals surface area contributed by atoms with Crippen molar-refractivity contribution in [2.75, 3.05) is 7.11 Å². The zero-order valence-corrected chi connectivity index (χ0v) is 14.2. The van der Waals surface area contributed by atoms with Crippen molar-refractivity contribution < 1.29 is 18.6 Å². The SMILES string of the molecule is COc1cccc(Oc2cc(OC3C[C@H]4CC[C@@H](C3)N4)ccc2F)c1. The van der Waals surface area contributed by atoms with Gasteiger partial charge in [0.15, 0.2) is 11.6 Å². The summed E-state index contributed by atoms with van der Waals surface area (Å²) in [7, 11) is 1.58. The van der Waals surface area contributed by atoms with E-state index in [1.54, 1.807) is 37.4 Å². The van der Waals surface area contributed by atoms with Gasteiger partial charge < -0.3 is 19.5 Å². The van der Waals surface area contributed by atoms with Crippen LogP contribution < -0.4 is 19.5 Å². The molecular weight excluding hydrogens is 321 g/mol. The molecule has 0 aromatic heterocycles. The Balaban J connectivity index is 1.48. The molecule has 1 N–H and O–H groups in total. The molecule has 0 spiro atoms. The van der Waals surface area contributed by atoms with Crippen LogP contribution in [0.5, 0.6) is 23.0 Å². The Labute approximate surface area is 146 Å².